The number of anilines is 2. The van der Waals surface area contributed by atoms with E-state index in [1.54, 1.807) is 31.2 Å². The van der Waals surface area contributed by atoms with Gasteiger partial charge >= 0.3 is 0 Å². The van der Waals surface area contributed by atoms with Crippen LogP contribution in [0.25, 0.3) is 0 Å². The first kappa shape index (κ1) is 20.8. The number of benzene rings is 3. The maximum Gasteiger partial charge on any atom is 0.266 e. The van der Waals surface area contributed by atoms with E-state index in [1.165, 1.54) is 23.3 Å². The number of imide groups is 1. The van der Waals surface area contributed by atoms with Gasteiger partial charge in [0.15, 0.2) is 6.10 Å². The molecule has 0 aliphatic carbocycles. The quantitative estimate of drug-likeness (QED) is 0.538. The van der Waals surface area contributed by atoms with Crippen molar-refractivity contribution in [3.8, 4) is 5.75 Å². The summed E-state index contributed by atoms with van der Waals surface area (Å²) in [6.07, 6.45) is -1.10. The van der Waals surface area contributed by atoms with Crippen molar-refractivity contribution >= 4 is 46.4 Å². The molecule has 0 saturated carbocycles. The number of phenolic OH excluding ortho intramolecular Hbond substituents is 1. The number of carbonyl (C=O) groups excluding carboxylic acids is 2. The van der Waals surface area contributed by atoms with E-state index in [0.717, 1.165) is 4.90 Å². The standard InChI is InChI=1S/C24H18Cl2N2O4/c1-24-20(18-9-5-6-10-19(18)29)28(16-7-3-2-4-8-16)32-21(24)22(30)27(23(24)31)17-12-14(25)11-15(26)13-17/h2-13,20-21,29H,1H3. The molecule has 3 aromatic carbocycles. The lowest BCUT2D eigenvalue weighted by Crippen LogP contribution is -2.41. The highest BCUT2D eigenvalue weighted by molar-refractivity contribution is 6.36. The predicted octanol–water partition coefficient (Wildman–Crippen LogP) is 5.14. The normalized spacial score (nSPS) is 24.8. The highest BCUT2D eigenvalue weighted by Crippen LogP contribution is 2.56. The van der Waals surface area contributed by atoms with E-state index in [2.05, 4.69) is 0 Å². The van der Waals surface area contributed by atoms with Crippen LogP contribution in [-0.2, 0) is 14.4 Å². The van der Waals surface area contributed by atoms with Gasteiger partial charge in [-0.25, -0.2) is 9.96 Å². The molecule has 3 atom stereocenters. The van der Waals surface area contributed by atoms with Gasteiger partial charge < -0.3 is 5.11 Å². The summed E-state index contributed by atoms with van der Waals surface area (Å²) in [4.78, 5) is 34.5. The molecule has 2 aliphatic heterocycles. The fourth-order valence-electron chi connectivity index (χ4n) is 4.53. The van der Waals surface area contributed by atoms with Crippen LogP contribution in [0, 0.1) is 5.41 Å². The van der Waals surface area contributed by atoms with Gasteiger partial charge in [0, 0.05) is 15.6 Å². The Morgan fingerprint density at radius 3 is 2.19 bits per heavy atom. The molecule has 2 heterocycles. The van der Waals surface area contributed by atoms with Gasteiger partial charge in [0.2, 0.25) is 5.91 Å². The minimum atomic E-state index is -1.32. The van der Waals surface area contributed by atoms with Crippen LogP contribution >= 0.6 is 23.2 Å². The zero-order valence-electron chi connectivity index (χ0n) is 16.9. The fourth-order valence-corrected chi connectivity index (χ4v) is 5.04. The minimum absolute atomic E-state index is 0.00778. The third-order valence-corrected chi connectivity index (χ3v) is 6.46. The van der Waals surface area contributed by atoms with Crippen LogP contribution in [0.15, 0.2) is 72.8 Å². The average molecular weight is 469 g/mol. The Balaban J connectivity index is 1.67. The maximum absolute atomic E-state index is 13.8. The molecule has 8 heteroatoms. The van der Waals surface area contributed by atoms with Crippen LogP contribution in [-0.4, -0.2) is 23.0 Å². The van der Waals surface area contributed by atoms with Crippen molar-refractivity contribution < 1.29 is 19.5 Å². The lowest BCUT2D eigenvalue weighted by molar-refractivity contribution is -0.128. The molecule has 0 bridgehead atoms. The topological polar surface area (TPSA) is 70.1 Å². The third kappa shape index (κ3) is 2.98. The fraction of sp³-hybridized carbons (Fsp3) is 0.167. The first-order valence-corrected chi connectivity index (χ1v) is 10.7. The molecule has 0 aromatic heterocycles. The number of carbonyl (C=O) groups is 2. The summed E-state index contributed by atoms with van der Waals surface area (Å²) < 4.78 is 0. The molecule has 32 heavy (non-hydrogen) atoms. The van der Waals surface area contributed by atoms with Gasteiger partial charge in [-0.3, -0.25) is 14.4 Å². The van der Waals surface area contributed by atoms with Crippen LogP contribution in [0.3, 0.4) is 0 Å². The number of nitrogens with zero attached hydrogens (tertiary/aromatic N) is 2. The molecule has 3 unspecified atom stereocenters. The van der Waals surface area contributed by atoms with E-state index in [1.807, 2.05) is 30.3 Å². The van der Waals surface area contributed by atoms with Crippen LogP contribution < -0.4 is 9.96 Å². The number of rotatable bonds is 3. The Hall–Kier alpha value is -3.06. The molecule has 0 spiro atoms. The number of amides is 2. The van der Waals surface area contributed by atoms with Crippen molar-refractivity contribution in [1.29, 1.82) is 0 Å². The molecule has 2 saturated heterocycles. The summed E-state index contributed by atoms with van der Waals surface area (Å²) in [6.45, 7) is 1.68. The summed E-state index contributed by atoms with van der Waals surface area (Å²) in [6, 6.07) is 19.7. The number of phenols is 1. The summed E-state index contributed by atoms with van der Waals surface area (Å²) in [5, 5.41) is 12.8. The first-order valence-electron chi connectivity index (χ1n) is 9.96. The van der Waals surface area contributed by atoms with Crippen molar-refractivity contribution in [3.05, 3.63) is 88.4 Å². The molecule has 6 nitrogen and oxygen atoms in total. The molecule has 1 N–H and O–H groups in total. The Morgan fingerprint density at radius 2 is 1.53 bits per heavy atom. The Bertz CT molecular complexity index is 1220. The van der Waals surface area contributed by atoms with E-state index >= 15 is 0 Å². The summed E-state index contributed by atoms with van der Waals surface area (Å²) >= 11 is 12.2. The smallest absolute Gasteiger partial charge is 0.266 e. The van der Waals surface area contributed by atoms with Gasteiger partial charge in [0.25, 0.3) is 5.91 Å². The van der Waals surface area contributed by atoms with Crippen molar-refractivity contribution in [1.82, 2.24) is 0 Å². The number of hydroxylamine groups is 1. The summed E-state index contributed by atoms with van der Waals surface area (Å²) in [7, 11) is 0. The Kier molecular flexibility index (Phi) is 4.89. The number of hydrogen-bond donors (Lipinski definition) is 1. The van der Waals surface area contributed by atoms with E-state index < -0.39 is 29.4 Å². The van der Waals surface area contributed by atoms with Gasteiger partial charge in [-0.1, -0.05) is 59.6 Å². The number of fused-ring (bicyclic) bond motifs is 1. The van der Waals surface area contributed by atoms with Gasteiger partial charge in [-0.2, -0.15) is 0 Å². The van der Waals surface area contributed by atoms with Gasteiger partial charge in [-0.15, -0.1) is 0 Å². The Morgan fingerprint density at radius 1 is 0.906 bits per heavy atom. The highest BCUT2D eigenvalue weighted by atomic mass is 35.5. The number of aromatic hydroxyl groups is 1. The maximum atomic E-state index is 13.8. The largest absolute Gasteiger partial charge is 0.508 e. The second-order valence-corrected chi connectivity index (χ2v) is 8.87. The van der Waals surface area contributed by atoms with E-state index in [-0.39, 0.29) is 11.4 Å². The minimum Gasteiger partial charge on any atom is -0.508 e. The first-order chi connectivity index (χ1) is 15.3. The van der Waals surface area contributed by atoms with Crippen LogP contribution in [0.1, 0.15) is 18.5 Å². The predicted molar refractivity (Wildman–Crippen MR) is 122 cm³/mol. The number of halogens is 2. The molecule has 0 radical (unpaired) electrons. The SMILES string of the molecule is CC12C(=O)N(c3cc(Cl)cc(Cl)c3)C(=O)C1ON(c1ccccc1)C2c1ccccc1O. The average Bonchev–Trinajstić information content (AvgIpc) is 3.17. The van der Waals surface area contributed by atoms with Gasteiger partial charge in [-0.05, 0) is 43.3 Å². The van der Waals surface area contributed by atoms with E-state index in [9.17, 15) is 14.7 Å². The van der Waals surface area contributed by atoms with Crippen molar-refractivity contribution in [2.24, 2.45) is 5.41 Å². The lowest BCUT2D eigenvalue weighted by Gasteiger charge is -2.33. The molecular formula is C24H18Cl2N2O4. The lowest BCUT2D eigenvalue weighted by atomic mass is 9.76. The van der Waals surface area contributed by atoms with Gasteiger partial charge in [0.1, 0.15) is 17.2 Å². The molecule has 162 valence electrons. The molecule has 3 aromatic rings. The van der Waals surface area contributed by atoms with Crippen molar-refractivity contribution in [2.45, 2.75) is 19.1 Å². The highest BCUT2D eigenvalue weighted by Gasteiger charge is 2.69. The molecular weight excluding hydrogens is 451 g/mol. The summed E-state index contributed by atoms with van der Waals surface area (Å²) in [5.41, 5.74) is 0.0995. The Labute approximate surface area is 194 Å². The van der Waals surface area contributed by atoms with Crippen LogP contribution in [0.2, 0.25) is 10.0 Å². The van der Waals surface area contributed by atoms with Crippen LogP contribution in [0.4, 0.5) is 11.4 Å². The number of para-hydroxylation sites is 2. The van der Waals surface area contributed by atoms with Crippen molar-refractivity contribution in [2.75, 3.05) is 9.96 Å². The van der Waals surface area contributed by atoms with Gasteiger partial charge in [0.05, 0.1) is 11.4 Å². The van der Waals surface area contributed by atoms with Crippen molar-refractivity contribution in [3.63, 3.8) is 0 Å². The molecule has 2 aliphatic rings. The second kappa shape index (κ2) is 7.52. The zero-order chi connectivity index (χ0) is 22.6. The molecule has 5 rings (SSSR count). The molecule has 2 fully saturated rings. The van der Waals surface area contributed by atoms with E-state index in [4.69, 9.17) is 28.0 Å². The third-order valence-electron chi connectivity index (χ3n) is 6.02. The van der Waals surface area contributed by atoms with Crippen LogP contribution in [0.5, 0.6) is 5.75 Å². The second-order valence-electron chi connectivity index (χ2n) is 8.00. The monoisotopic (exact) mass is 468 g/mol. The summed E-state index contributed by atoms with van der Waals surface area (Å²) in [5.74, 6) is -0.972. The molecule has 2 amide bonds. The van der Waals surface area contributed by atoms with E-state index in [0.29, 0.717) is 21.3 Å². The number of hydrogen-bond acceptors (Lipinski definition) is 5. The zero-order valence-corrected chi connectivity index (χ0v) is 18.4.